The van der Waals surface area contributed by atoms with Gasteiger partial charge in [-0.05, 0) is 59.8 Å². The minimum atomic E-state index is -0.569. The van der Waals surface area contributed by atoms with Crippen LogP contribution in [0.5, 0.6) is 0 Å². The summed E-state index contributed by atoms with van der Waals surface area (Å²) in [6, 6.07) is 0.243. The highest BCUT2D eigenvalue weighted by atomic mass is 16.6. The molecule has 2 aliphatic carbocycles. The van der Waals surface area contributed by atoms with E-state index in [1.807, 2.05) is 32.4 Å². The molecule has 0 aromatic carbocycles. The molecule has 0 N–H and O–H groups in total. The number of carbonyl (C=O) groups excluding carboxylic acids is 2. The topological polar surface area (TPSA) is 70.4 Å². The summed E-state index contributed by atoms with van der Waals surface area (Å²) >= 11 is 0. The molecule has 1 atom stereocenters. The summed E-state index contributed by atoms with van der Waals surface area (Å²) in [5, 5.41) is 4.83. The van der Waals surface area contributed by atoms with E-state index in [1.54, 1.807) is 0 Å². The molecule has 3 rings (SSSR count). The van der Waals surface area contributed by atoms with E-state index in [4.69, 9.17) is 14.6 Å². The van der Waals surface area contributed by atoms with Crippen molar-refractivity contribution in [3.63, 3.8) is 0 Å². The predicted molar refractivity (Wildman–Crippen MR) is 102 cm³/mol. The van der Waals surface area contributed by atoms with Gasteiger partial charge in [0.2, 0.25) is 0 Å². The van der Waals surface area contributed by atoms with Crippen molar-refractivity contribution in [2.45, 2.75) is 90.7 Å². The van der Waals surface area contributed by atoms with Crippen LogP contribution in [0.25, 0.3) is 0 Å². The maximum atomic E-state index is 13.1. The smallest absolute Gasteiger partial charge is 0.357 e. The van der Waals surface area contributed by atoms with Crippen molar-refractivity contribution in [1.29, 1.82) is 0 Å². The van der Waals surface area contributed by atoms with Gasteiger partial charge in [0.05, 0.1) is 24.3 Å². The number of ether oxygens (including phenoxy) is 2. The first kappa shape index (κ1) is 19.9. The molecule has 2 aliphatic rings. The van der Waals surface area contributed by atoms with Crippen LogP contribution >= 0.6 is 0 Å². The summed E-state index contributed by atoms with van der Waals surface area (Å²) in [6.45, 7) is 7.82. The predicted octanol–water partition coefficient (Wildman–Crippen LogP) is 4.01. The lowest BCUT2D eigenvalue weighted by Gasteiger charge is -2.26. The van der Waals surface area contributed by atoms with Gasteiger partial charge in [0.1, 0.15) is 11.3 Å². The van der Waals surface area contributed by atoms with Crippen LogP contribution in [0.15, 0.2) is 0 Å². The highest BCUT2D eigenvalue weighted by molar-refractivity contribution is 5.90. The van der Waals surface area contributed by atoms with Crippen molar-refractivity contribution in [2.75, 3.05) is 6.61 Å². The van der Waals surface area contributed by atoms with Crippen LogP contribution in [0, 0.1) is 5.92 Å². The Hall–Kier alpha value is -1.85. The van der Waals surface area contributed by atoms with Crippen LogP contribution in [0.3, 0.4) is 0 Å². The van der Waals surface area contributed by atoms with Crippen LogP contribution in [0.1, 0.15) is 94.0 Å². The second-order valence-corrected chi connectivity index (χ2v) is 8.70. The minimum absolute atomic E-state index is 0.177. The molecule has 6 nitrogen and oxygen atoms in total. The first-order chi connectivity index (χ1) is 12.8. The van der Waals surface area contributed by atoms with Crippen LogP contribution in [0.4, 0.5) is 0 Å². The lowest BCUT2D eigenvalue weighted by atomic mass is 9.86. The third-order valence-electron chi connectivity index (χ3n) is 5.40. The molecule has 1 aromatic rings. The zero-order valence-electron chi connectivity index (χ0n) is 17.0. The molecule has 0 bridgehead atoms. The van der Waals surface area contributed by atoms with Crippen molar-refractivity contribution in [1.82, 2.24) is 9.78 Å². The fourth-order valence-corrected chi connectivity index (χ4v) is 4.18. The first-order valence-electron chi connectivity index (χ1n) is 10.3. The number of rotatable bonds is 4. The fourth-order valence-electron chi connectivity index (χ4n) is 4.18. The molecule has 0 radical (unpaired) electrons. The number of aromatic nitrogens is 2. The maximum Gasteiger partial charge on any atom is 0.357 e. The third-order valence-corrected chi connectivity index (χ3v) is 5.40. The molecule has 0 saturated heterocycles. The molecule has 0 amide bonds. The number of fused-ring (bicyclic) bond motifs is 1. The quantitative estimate of drug-likeness (QED) is 0.743. The average Bonchev–Trinajstić information content (AvgIpc) is 3.00. The van der Waals surface area contributed by atoms with Gasteiger partial charge in [-0.1, -0.05) is 19.3 Å². The Kier molecular flexibility index (Phi) is 5.92. The summed E-state index contributed by atoms with van der Waals surface area (Å²) in [6.07, 6.45) is 7.58. The van der Waals surface area contributed by atoms with Gasteiger partial charge in [-0.3, -0.25) is 9.48 Å². The summed E-state index contributed by atoms with van der Waals surface area (Å²) in [7, 11) is 0. The van der Waals surface area contributed by atoms with E-state index in [9.17, 15) is 9.59 Å². The van der Waals surface area contributed by atoms with E-state index >= 15 is 0 Å². The maximum absolute atomic E-state index is 13.1. The molecular formula is C21H32N2O4. The molecule has 0 spiro atoms. The Morgan fingerprint density at radius 3 is 2.48 bits per heavy atom. The Morgan fingerprint density at radius 2 is 1.85 bits per heavy atom. The molecule has 1 unspecified atom stereocenters. The fraction of sp³-hybridized carbons (Fsp3) is 0.762. The first-order valence-corrected chi connectivity index (χ1v) is 10.3. The summed E-state index contributed by atoms with van der Waals surface area (Å²) in [5.41, 5.74) is 1.82. The van der Waals surface area contributed by atoms with Crippen LogP contribution in [-0.4, -0.2) is 33.9 Å². The van der Waals surface area contributed by atoms with Crippen molar-refractivity contribution in [3.8, 4) is 0 Å². The van der Waals surface area contributed by atoms with Gasteiger partial charge in [0.25, 0.3) is 0 Å². The number of hydrogen-bond acceptors (Lipinski definition) is 5. The Morgan fingerprint density at radius 1 is 1.15 bits per heavy atom. The third kappa shape index (κ3) is 4.53. The van der Waals surface area contributed by atoms with Gasteiger partial charge in [-0.25, -0.2) is 4.79 Å². The summed E-state index contributed by atoms with van der Waals surface area (Å²) < 4.78 is 12.8. The lowest BCUT2D eigenvalue weighted by molar-refractivity contribution is -0.148. The van der Waals surface area contributed by atoms with E-state index < -0.39 is 5.60 Å². The zero-order valence-corrected chi connectivity index (χ0v) is 17.0. The zero-order chi connectivity index (χ0) is 19.6. The van der Waals surface area contributed by atoms with Crippen molar-refractivity contribution < 1.29 is 19.1 Å². The van der Waals surface area contributed by atoms with E-state index in [2.05, 4.69) is 0 Å². The standard InChI is InChI=1S/C21H32N2O4/c1-5-26-19(24)14-11-12-17-16(13-14)18(20(25)27-21(2,3)4)23(22-17)15-9-7-6-8-10-15/h14-15H,5-13H2,1-4H3. The Labute approximate surface area is 161 Å². The van der Waals surface area contributed by atoms with Gasteiger partial charge in [0, 0.05) is 5.56 Å². The van der Waals surface area contributed by atoms with Gasteiger partial charge in [-0.15, -0.1) is 0 Å². The largest absolute Gasteiger partial charge is 0.466 e. The van der Waals surface area contributed by atoms with Gasteiger partial charge in [0.15, 0.2) is 0 Å². The average molecular weight is 376 g/mol. The number of esters is 2. The van der Waals surface area contributed by atoms with Gasteiger partial charge < -0.3 is 9.47 Å². The summed E-state index contributed by atoms with van der Waals surface area (Å²) in [4.78, 5) is 25.3. The number of nitrogens with zero attached hydrogens (tertiary/aromatic N) is 2. The highest BCUT2D eigenvalue weighted by Gasteiger charge is 2.36. The monoisotopic (exact) mass is 376 g/mol. The number of hydrogen-bond donors (Lipinski definition) is 0. The molecule has 27 heavy (non-hydrogen) atoms. The molecule has 1 saturated carbocycles. The van der Waals surface area contributed by atoms with Crippen molar-refractivity contribution in [2.24, 2.45) is 5.92 Å². The molecule has 1 aromatic heterocycles. The molecule has 0 aliphatic heterocycles. The molecule has 1 fully saturated rings. The van der Waals surface area contributed by atoms with Crippen molar-refractivity contribution >= 4 is 11.9 Å². The second-order valence-electron chi connectivity index (χ2n) is 8.70. The van der Waals surface area contributed by atoms with Crippen LogP contribution in [0.2, 0.25) is 0 Å². The number of carbonyl (C=O) groups is 2. The minimum Gasteiger partial charge on any atom is -0.466 e. The van der Waals surface area contributed by atoms with E-state index in [0.717, 1.165) is 43.4 Å². The van der Waals surface area contributed by atoms with E-state index in [-0.39, 0.29) is 23.9 Å². The Bertz CT molecular complexity index is 696. The molecular weight excluding hydrogens is 344 g/mol. The highest BCUT2D eigenvalue weighted by Crippen LogP contribution is 2.35. The van der Waals surface area contributed by atoms with E-state index in [0.29, 0.717) is 25.1 Å². The summed E-state index contributed by atoms with van der Waals surface area (Å²) in [5.74, 6) is -0.710. The van der Waals surface area contributed by atoms with Gasteiger partial charge in [-0.2, -0.15) is 5.10 Å². The molecule has 150 valence electrons. The molecule has 1 heterocycles. The second kappa shape index (κ2) is 8.03. The van der Waals surface area contributed by atoms with Crippen LogP contribution < -0.4 is 0 Å². The normalized spacial score (nSPS) is 20.8. The van der Waals surface area contributed by atoms with Gasteiger partial charge >= 0.3 is 11.9 Å². The lowest BCUT2D eigenvalue weighted by Crippen LogP contribution is -2.29. The SMILES string of the molecule is CCOC(=O)C1CCc2nn(C3CCCCC3)c(C(=O)OC(C)(C)C)c2C1. The van der Waals surface area contributed by atoms with Crippen LogP contribution in [-0.2, 0) is 27.1 Å². The number of aryl methyl sites for hydroxylation is 1. The van der Waals surface area contributed by atoms with E-state index in [1.165, 1.54) is 6.42 Å². The Balaban J connectivity index is 1.95. The molecule has 6 heteroatoms. The van der Waals surface area contributed by atoms with Crippen molar-refractivity contribution in [3.05, 3.63) is 17.0 Å².